The van der Waals surface area contributed by atoms with Crippen molar-refractivity contribution in [3.8, 4) is 0 Å². The Morgan fingerprint density at radius 1 is 1.17 bits per heavy atom. The number of anilines is 1. The molecule has 5 amide bonds. The number of hydrogen-bond donors (Lipinski definition) is 3. The molecule has 0 spiro atoms. The Morgan fingerprint density at radius 2 is 1.83 bits per heavy atom. The lowest BCUT2D eigenvalue weighted by Crippen LogP contribution is -2.44. The van der Waals surface area contributed by atoms with E-state index < -0.39 is 42.5 Å². The Labute approximate surface area is 174 Å². The SMILES string of the molecule is CCCC[C@@]1(C)NC(=O)N(CC(=O)OCC(=O)Nc2ccc(C(=O)NC)cc2)C1=O. The predicted molar refractivity (Wildman–Crippen MR) is 108 cm³/mol. The molecule has 10 heteroatoms. The van der Waals surface area contributed by atoms with E-state index in [2.05, 4.69) is 16.0 Å². The second-order valence-corrected chi connectivity index (χ2v) is 7.12. The number of nitrogens with zero attached hydrogens (tertiary/aromatic N) is 1. The van der Waals surface area contributed by atoms with Crippen molar-refractivity contribution in [3.05, 3.63) is 29.8 Å². The van der Waals surface area contributed by atoms with E-state index in [1.807, 2.05) is 6.92 Å². The van der Waals surface area contributed by atoms with Crippen molar-refractivity contribution in [2.45, 2.75) is 38.6 Å². The summed E-state index contributed by atoms with van der Waals surface area (Å²) in [5.41, 5.74) is -0.183. The van der Waals surface area contributed by atoms with Crippen molar-refractivity contribution in [2.24, 2.45) is 0 Å². The molecule has 0 aliphatic carbocycles. The van der Waals surface area contributed by atoms with Crippen molar-refractivity contribution in [2.75, 3.05) is 25.5 Å². The maximum Gasteiger partial charge on any atom is 0.326 e. The summed E-state index contributed by atoms with van der Waals surface area (Å²) in [7, 11) is 1.51. The summed E-state index contributed by atoms with van der Waals surface area (Å²) >= 11 is 0. The fourth-order valence-electron chi connectivity index (χ4n) is 2.96. The molecule has 1 fully saturated rings. The number of ether oxygens (including phenoxy) is 1. The maximum absolute atomic E-state index is 12.5. The fraction of sp³-hybridized carbons (Fsp3) is 0.450. The minimum absolute atomic E-state index is 0.256. The van der Waals surface area contributed by atoms with Crippen LogP contribution in [0.25, 0.3) is 0 Å². The average molecular weight is 418 g/mol. The number of benzene rings is 1. The Balaban J connectivity index is 1.82. The second-order valence-electron chi connectivity index (χ2n) is 7.12. The number of carbonyl (C=O) groups excluding carboxylic acids is 5. The number of imide groups is 1. The van der Waals surface area contributed by atoms with E-state index in [-0.39, 0.29) is 5.91 Å². The van der Waals surface area contributed by atoms with Gasteiger partial charge < -0.3 is 20.7 Å². The van der Waals surface area contributed by atoms with Crippen LogP contribution < -0.4 is 16.0 Å². The highest BCUT2D eigenvalue weighted by atomic mass is 16.5. The van der Waals surface area contributed by atoms with Crippen LogP contribution in [0.1, 0.15) is 43.5 Å². The minimum atomic E-state index is -1.04. The lowest BCUT2D eigenvalue weighted by molar-refractivity contribution is -0.150. The van der Waals surface area contributed by atoms with Gasteiger partial charge in [-0.3, -0.25) is 24.1 Å². The molecule has 1 atom stereocenters. The Bertz CT molecular complexity index is 838. The summed E-state index contributed by atoms with van der Waals surface area (Å²) in [5, 5.41) is 7.61. The van der Waals surface area contributed by atoms with Gasteiger partial charge in [0, 0.05) is 18.3 Å². The van der Waals surface area contributed by atoms with Gasteiger partial charge in [-0.2, -0.15) is 0 Å². The summed E-state index contributed by atoms with van der Waals surface area (Å²) in [6.45, 7) is 2.45. The molecule has 30 heavy (non-hydrogen) atoms. The molecular formula is C20H26N4O6. The summed E-state index contributed by atoms with van der Waals surface area (Å²) in [4.78, 5) is 60.8. The van der Waals surface area contributed by atoms with Gasteiger partial charge in [-0.05, 0) is 37.6 Å². The Morgan fingerprint density at radius 3 is 2.43 bits per heavy atom. The van der Waals surface area contributed by atoms with Gasteiger partial charge in [0.2, 0.25) is 0 Å². The topological polar surface area (TPSA) is 134 Å². The molecule has 0 aromatic heterocycles. The number of urea groups is 1. The first kappa shape index (κ1) is 22.9. The van der Waals surface area contributed by atoms with E-state index in [1.54, 1.807) is 6.92 Å². The van der Waals surface area contributed by atoms with Gasteiger partial charge in [0.25, 0.3) is 17.7 Å². The smallest absolute Gasteiger partial charge is 0.326 e. The third kappa shape index (κ3) is 5.56. The first-order chi connectivity index (χ1) is 14.2. The highest BCUT2D eigenvalue weighted by Crippen LogP contribution is 2.23. The van der Waals surface area contributed by atoms with Crippen LogP contribution in [0.3, 0.4) is 0 Å². The number of esters is 1. The van der Waals surface area contributed by atoms with E-state index in [0.29, 0.717) is 17.7 Å². The quantitative estimate of drug-likeness (QED) is 0.405. The molecule has 0 bridgehead atoms. The van der Waals surface area contributed by atoms with Gasteiger partial charge in [-0.1, -0.05) is 19.8 Å². The van der Waals surface area contributed by atoms with Crippen LogP contribution in [-0.2, 0) is 19.1 Å². The van der Waals surface area contributed by atoms with Crippen LogP contribution in [0.4, 0.5) is 10.5 Å². The zero-order chi connectivity index (χ0) is 22.3. The molecule has 1 aliphatic heterocycles. The maximum atomic E-state index is 12.5. The minimum Gasteiger partial charge on any atom is -0.454 e. The third-order valence-corrected chi connectivity index (χ3v) is 4.68. The molecule has 0 saturated carbocycles. The van der Waals surface area contributed by atoms with Crippen LogP contribution in [-0.4, -0.2) is 60.4 Å². The molecule has 0 unspecified atom stereocenters. The zero-order valence-electron chi connectivity index (χ0n) is 17.2. The largest absolute Gasteiger partial charge is 0.454 e. The van der Waals surface area contributed by atoms with Crippen LogP contribution in [0.5, 0.6) is 0 Å². The number of rotatable bonds is 9. The van der Waals surface area contributed by atoms with Gasteiger partial charge in [0.15, 0.2) is 6.61 Å². The predicted octanol–water partition coefficient (Wildman–Crippen LogP) is 1.03. The van der Waals surface area contributed by atoms with Crippen molar-refractivity contribution in [1.29, 1.82) is 0 Å². The van der Waals surface area contributed by atoms with Gasteiger partial charge in [-0.15, -0.1) is 0 Å². The molecule has 0 radical (unpaired) electrons. The van der Waals surface area contributed by atoms with Gasteiger partial charge >= 0.3 is 12.0 Å². The van der Waals surface area contributed by atoms with Crippen molar-refractivity contribution >= 4 is 35.4 Å². The number of hydrogen-bond acceptors (Lipinski definition) is 6. The fourth-order valence-corrected chi connectivity index (χ4v) is 2.96. The van der Waals surface area contributed by atoms with Gasteiger partial charge in [0.1, 0.15) is 12.1 Å². The van der Waals surface area contributed by atoms with Crippen molar-refractivity contribution < 1.29 is 28.7 Å². The third-order valence-electron chi connectivity index (χ3n) is 4.68. The van der Waals surface area contributed by atoms with E-state index in [9.17, 15) is 24.0 Å². The molecule has 3 N–H and O–H groups in total. The summed E-state index contributed by atoms with van der Waals surface area (Å²) in [6, 6.07) is 5.49. The molecule has 10 nitrogen and oxygen atoms in total. The highest BCUT2D eigenvalue weighted by Gasteiger charge is 2.47. The average Bonchev–Trinajstić information content (AvgIpc) is 2.94. The molecule has 2 rings (SSSR count). The van der Waals surface area contributed by atoms with E-state index in [1.165, 1.54) is 31.3 Å². The molecule has 1 aromatic carbocycles. The van der Waals surface area contributed by atoms with E-state index in [4.69, 9.17) is 4.74 Å². The molecular weight excluding hydrogens is 392 g/mol. The van der Waals surface area contributed by atoms with Crippen LogP contribution in [0, 0.1) is 0 Å². The monoisotopic (exact) mass is 418 g/mol. The molecule has 1 aliphatic rings. The second kappa shape index (κ2) is 9.86. The lowest BCUT2D eigenvalue weighted by Gasteiger charge is -2.21. The first-order valence-electron chi connectivity index (χ1n) is 9.62. The highest BCUT2D eigenvalue weighted by molar-refractivity contribution is 6.08. The van der Waals surface area contributed by atoms with Crippen LogP contribution in [0.2, 0.25) is 0 Å². The van der Waals surface area contributed by atoms with Crippen molar-refractivity contribution in [3.63, 3.8) is 0 Å². The molecule has 1 heterocycles. The zero-order valence-corrected chi connectivity index (χ0v) is 17.2. The standard InChI is InChI=1S/C20H26N4O6/c1-4-5-10-20(2)18(28)24(19(29)23-20)11-16(26)30-12-15(25)22-14-8-6-13(7-9-14)17(27)21-3/h6-9H,4-5,10-12H2,1-3H3,(H,21,27)(H,22,25)(H,23,29)/t20-/m1/s1. The van der Waals surface area contributed by atoms with E-state index >= 15 is 0 Å². The number of carbonyl (C=O) groups is 5. The van der Waals surface area contributed by atoms with Gasteiger partial charge in [0.05, 0.1) is 0 Å². The normalized spacial score (nSPS) is 18.0. The molecule has 1 saturated heterocycles. The summed E-state index contributed by atoms with van der Waals surface area (Å²) in [5.74, 6) is -2.21. The van der Waals surface area contributed by atoms with Crippen LogP contribution >= 0.6 is 0 Å². The number of amides is 5. The summed E-state index contributed by atoms with van der Waals surface area (Å²) in [6.07, 6.45) is 2.09. The summed E-state index contributed by atoms with van der Waals surface area (Å²) < 4.78 is 4.87. The first-order valence-corrected chi connectivity index (χ1v) is 9.62. The Hall–Kier alpha value is -3.43. The van der Waals surface area contributed by atoms with Crippen molar-refractivity contribution in [1.82, 2.24) is 15.5 Å². The molecule has 162 valence electrons. The van der Waals surface area contributed by atoms with Crippen LogP contribution in [0.15, 0.2) is 24.3 Å². The molecule has 1 aromatic rings. The Kier molecular flexibility index (Phi) is 7.51. The number of unbranched alkanes of at least 4 members (excludes halogenated alkanes) is 1. The van der Waals surface area contributed by atoms with Gasteiger partial charge in [-0.25, -0.2) is 4.79 Å². The van der Waals surface area contributed by atoms with E-state index in [0.717, 1.165) is 17.7 Å². The lowest BCUT2D eigenvalue weighted by atomic mass is 9.95. The number of nitrogens with one attached hydrogen (secondary N) is 3.